The van der Waals surface area contributed by atoms with Crippen molar-refractivity contribution in [2.24, 2.45) is 10.7 Å². The van der Waals surface area contributed by atoms with E-state index < -0.39 is 0 Å². The van der Waals surface area contributed by atoms with Crippen LogP contribution in [0.25, 0.3) is 0 Å². The third kappa shape index (κ3) is 3.94. The topological polar surface area (TPSA) is 38.4 Å². The molecule has 1 aliphatic rings. The van der Waals surface area contributed by atoms with Crippen LogP contribution in [0.3, 0.4) is 0 Å². The van der Waals surface area contributed by atoms with E-state index in [0.717, 1.165) is 6.42 Å². The maximum absolute atomic E-state index is 5.66. The monoisotopic (exact) mass is 152 g/mol. The van der Waals surface area contributed by atoms with Gasteiger partial charge in [0.25, 0.3) is 0 Å². The van der Waals surface area contributed by atoms with Gasteiger partial charge in [-0.15, -0.1) is 0 Å². The molecule has 1 aliphatic carbocycles. The molecule has 0 spiro atoms. The van der Waals surface area contributed by atoms with Crippen molar-refractivity contribution >= 4 is 6.21 Å². The smallest absolute Gasteiger partial charge is 0.0501 e. The first-order chi connectivity index (χ1) is 5.33. The molecule has 0 bridgehead atoms. The van der Waals surface area contributed by atoms with Crippen molar-refractivity contribution in [1.82, 2.24) is 0 Å². The Morgan fingerprint density at radius 1 is 1.64 bits per heavy atom. The van der Waals surface area contributed by atoms with Crippen molar-refractivity contribution in [2.45, 2.75) is 38.3 Å². The molecule has 1 fully saturated rings. The average Bonchev–Trinajstić information content (AvgIpc) is 2.81. The maximum atomic E-state index is 5.66. The van der Waals surface area contributed by atoms with E-state index in [1.54, 1.807) is 0 Å². The highest BCUT2D eigenvalue weighted by Crippen LogP contribution is 2.22. The zero-order valence-electron chi connectivity index (χ0n) is 7.03. The molecule has 1 unspecified atom stereocenters. The molecular weight excluding hydrogens is 136 g/mol. The van der Waals surface area contributed by atoms with E-state index in [1.807, 2.05) is 18.4 Å². The van der Waals surface area contributed by atoms with E-state index in [2.05, 4.69) is 11.9 Å². The summed E-state index contributed by atoms with van der Waals surface area (Å²) in [6, 6.07) is 0.818. The van der Waals surface area contributed by atoms with Gasteiger partial charge in [0.1, 0.15) is 0 Å². The molecule has 0 saturated heterocycles. The second-order valence-electron chi connectivity index (χ2n) is 2.99. The van der Waals surface area contributed by atoms with Gasteiger partial charge in [-0.05, 0) is 25.3 Å². The second kappa shape index (κ2) is 4.29. The van der Waals surface area contributed by atoms with Crippen molar-refractivity contribution in [3.05, 3.63) is 12.2 Å². The number of rotatable bonds is 4. The number of nitrogens with zero attached hydrogens (tertiary/aromatic N) is 1. The van der Waals surface area contributed by atoms with E-state index in [0.29, 0.717) is 6.04 Å². The van der Waals surface area contributed by atoms with E-state index in [4.69, 9.17) is 5.73 Å². The fraction of sp³-hybridized carbons (Fsp3) is 0.667. The number of allylic oxidation sites excluding steroid dienone is 1. The standard InChI is InChI=1S/C9H16N2/c1-2-8(10)4-3-7-11-9-5-6-9/h3-4,7-9H,2,5-6,10H2,1H3/b4-3-,11-7-. The molecule has 2 N–H and O–H groups in total. The van der Waals surface area contributed by atoms with Gasteiger partial charge < -0.3 is 5.73 Å². The normalized spacial score (nSPS) is 21.6. The Kier molecular flexibility index (Phi) is 3.30. The predicted octanol–water partition coefficient (Wildman–Crippen LogP) is 1.51. The van der Waals surface area contributed by atoms with Crippen molar-refractivity contribution in [2.75, 3.05) is 0 Å². The van der Waals surface area contributed by atoms with Crippen molar-refractivity contribution < 1.29 is 0 Å². The lowest BCUT2D eigenvalue weighted by atomic mass is 10.2. The molecule has 11 heavy (non-hydrogen) atoms. The van der Waals surface area contributed by atoms with E-state index in [1.165, 1.54) is 12.8 Å². The van der Waals surface area contributed by atoms with Gasteiger partial charge in [0.2, 0.25) is 0 Å². The van der Waals surface area contributed by atoms with Gasteiger partial charge in [0.05, 0.1) is 6.04 Å². The van der Waals surface area contributed by atoms with Crippen LogP contribution >= 0.6 is 0 Å². The third-order valence-electron chi connectivity index (χ3n) is 1.76. The first-order valence-corrected chi connectivity index (χ1v) is 4.28. The summed E-state index contributed by atoms with van der Waals surface area (Å²) in [5.41, 5.74) is 5.66. The summed E-state index contributed by atoms with van der Waals surface area (Å²) in [5.74, 6) is 0. The maximum Gasteiger partial charge on any atom is 0.0501 e. The molecule has 0 radical (unpaired) electrons. The van der Waals surface area contributed by atoms with E-state index in [9.17, 15) is 0 Å². The van der Waals surface area contributed by atoms with Gasteiger partial charge in [0.15, 0.2) is 0 Å². The van der Waals surface area contributed by atoms with Crippen molar-refractivity contribution in [3.8, 4) is 0 Å². The van der Waals surface area contributed by atoms with Gasteiger partial charge in [-0.1, -0.05) is 13.0 Å². The average molecular weight is 152 g/mol. The van der Waals surface area contributed by atoms with Crippen molar-refractivity contribution in [3.63, 3.8) is 0 Å². The van der Waals surface area contributed by atoms with Crippen LogP contribution in [0.15, 0.2) is 17.1 Å². The molecule has 0 heterocycles. The molecule has 0 aromatic rings. The Bertz CT molecular complexity index is 157. The van der Waals surface area contributed by atoms with Crippen molar-refractivity contribution in [1.29, 1.82) is 0 Å². The Morgan fingerprint density at radius 3 is 2.91 bits per heavy atom. The quantitative estimate of drug-likeness (QED) is 0.609. The molecule has 1 atom stereocenters. The fourth-order valence-electron chi connectivity index (χ4n) is 0.724. The van der Waals surface area contributed by atoms with Crippen LogP contribution in [-0.2, 0) is 0 Å². The van der Waals surface area contributed by atoms with Crippen LogP contribution in [0.4, 0.5) is 0 Å². The molecule has 62 valence electrons. The summed E-state index contributed by atoms with van der Waals surface area (Å²) >= 11 is 0. The highest BCUT2D eigenvalue weighted by molar-refractivity contribution is 5.71. The van der Waals surface area contributed by atoms with E-state index in [-0.39, 0.29) is 6.04 Å². The zero-order chi connectivity index (χ0) is 8.10. The molecule has 0 aliphatic heterocycles. The first-order valence-electron chi connectivity index (χ1n) is 4.28. The van der Waals surface area contributed by atoms with Crippen LogP contribution in [0.1, 0.15) is 26.2 Å². The Balaban J connectivity index is 2.12. The van der Waals surface area contributed by atoms with Gasteiger partial charge in [-0.3, -0.25) is 4.99 Å². The van der Waals surface area contributed by atoms with Gasteiger partial charge in [-0.25, -0.2) is 0 Å². The lowest BCUT2D eigenvalue weighted by Crippen LogP contribution is -2.14. The lowest BCUT2D eigenvalue weighted by molar-refractivity contribution is 0.783. The molecule has 2 nitrogen and oxygen atoms in total. The summed E-state index contributed by atoms with van der Waals surface area (Å²) in [7, 11) is 0. The molecule has 0 amide bonds. The van der Waals surface area contributed by atoms with Gasteiger partial charge >= 0.3 is 0 Å². The SMILES string of the molecule is CCC(N)/C=C\C=N/C1CC1. The minimum Gasteiger partial charge on any atom is -0.324 e. The molecule has 1 saturated carbocycles. The molecule has 1 rings (SSSR count). The minimum absolute atomic E-state index is 0.195. The lowest BCUT2D eigenvalue weighted by Gasteiger charge is -1.97. The van der Waals surface area contributed by atoms with Gasteiger partial charge in [0, 0.05) is 12.3 Å². The Labute approximate surface area is 68.2 Å². The summed E-state index contributed by atoms with van der Waals surface area (Å²) in [6.45, 7) is 2.08. The van der Waals surface area contributed by atoms with Crippen LogP contribution in [-0.4, -0.2) is 18.3 Å². The number of nitrogens with two attached hydrogens (primary N) is 1. The number of hydrogen-bond donors (Lipinski definition) is 1. The summed E-state index contributed by atoms with van der Waals surface area (Å²) in [6.07, 6.45) is 9.34. The predicted molar refractivity (Wildman–Crippen MR) is 48.9 cm³/mol. The zero-order valence-corrected chi connectivity index (χ0v) is 7.03. The highest BCUT2D eigenvalue weighted by atomic mass is 14.8. The van der Waals surface area contributed by atoms with Crippen LogP contribution in [0.2, 0.25) is 0 Å². The molecule has 0 aromatic carbocycles. The van der Waals surface area contributed by atoms with Crippen LogP contribution in [0.5, 0.6) is 0 Å². The highest BCUT2D eigenvalue weighted by Gasteiger charge is 2.18. The molecular formula is C9H16N2. The number of hydrogen-bond acceptors (Lipinski definition) is 2. The molecule has 2 heteroatoms. The Hall–Kier alpha value is -0.630. The van der Waals surface area contributed by atoms with Crippen LogP contribution in [0, 0.1) is 0 Å². The second-order valence-corrected chi connectivity index (χ2v) is 2.99. The first kappa shape index (κ1) is 8.47. The Morgan fingerprint density at radius 2 is 2.36 bits per heavy atom. The van der Waals surface area contributed by atoms with Crippen LogP contribution < -0.4 is 5.73 Å². The third-order valence-corrected chi connectivity index (χ3v) is 1.76. The summed E-state index contributed by atoms with van der Waals surface area (Å²) < 4.78 is 0. The van der Waals surface area contributed by atoms with E-state index >= 15 is 0 Å². The summed E-state index contributed by atoms with van der Waals surface area (Å²) in [4.78, 5) is 4.27. The molecule has 0 aromatic heterocycles. The number of aliphatic imine (C=N–C) groups is 1. The fourth-order valence-corrected chi connectivity index (χ4v) is 0.724. The van der Waals surface area contributed by atoms with Gasteiger partial charge in [-0.2, -0.15) is 0 Å². The summed E-state index contributed by atoms with van der Waals surface area (Å²) in [5, 5.41) is 0. The largest absolute Gasteiger partial charge is 0.324 e. The minimum atomic E-state index is 0.195.